The van der Waals surface area contributed by atoms with Gasteiger partial charge in [-0.1, -0.05) is 17.7 Å². The van der Waals surface area contributed by atoms with Gasteiger partial charge in [0.05, 0.1) is 17.3 Å². The lowest BCUT2D eigenvalue weighted by Crippen LogP contribution is -2.16. The van der Waals surface area contributed by atoms with Crippen LogP contribution < -0.4 is 10.4 Å². The van der Waals surface area contributed by atoms with E-state index in [1.165, 1.54) is 37.4 Å². The minimum Gasteiger partial charge on any atom is -0.504 e. The van der Waals surface area contributed by atoms with Crippen LogP contribution in [0.25, 0.3) is 11.0 Å². The van der Waals surface area contributed by atoms with Gasteiger partial charge in [0.25, 0.3) is 0 Å². The maximum Gasteiger partial charge on any atom is 0.355 e. The van der Waals surface area contributed by atoms with Gasteiger partial charge in [-0.05, 0) is 51.8 Å². The van der Waals surface area contributed by atoms with Crippen LogP contribution in [-0.2, 0) is 15.6 Å². The van der Waals surface area contributed by atoms with E-state index in [1.54, 1.807) is 6.07 Å². The van der Waals surface area contributed by atoms with Crippen molar-refractivity contribution in [3.05, 3.63) is 61.9 Å². The number of sulfone groups is 1. The van der Waals surface area contributed by atoms with Crippen molar-refractivity contribution in [1.29, 1.82) is 0 Å². The SMILES string of the molecule is COc1ccc(CS(=O)(=O)c2cc3cc(Cl)cc(Br)c3oc2=O)cc1O. The van der Waals surface area contributed by atoms with Crippen LogP contribution in [0.1, 0.15) is 5.56 Å². The van der Waals surface area contributed by atoms with Crippen molar-refractivity contribution in [1.82, 2.24) is 0 Å². The van der Waals surface area contributed by atoms with Crippen LogP contribution in [0.3, 0.4) is 0 Å². The van der Waals surface area contributed by atoms with E-state index in [-0.39, 0.29) is 17.1 Å². The molecule has 26 heavy (non-hydrogen) atoms. The maximum absolute atomic E-state index is 12.7. The molecule has 1 aromatic heterocycles. The summed E-state index contributed by atoms with van der Waals surface area (Å²) in [4.78, 5) is 11.7. The number of methoxy groups -OCH3 is 1. The summed E-state index contributed by atoms with van der Waals surface area (Å²) in [6.07, 6.45) is 0. The van der Waals surface area contributed by atoms with Crippen LogP contribution in [0.5, 0.6) is 11.5 Å². The van der Waals surface area contributed by atoms with E-state index in [0.29, 0.717) is 20.4 Å². The fourth-order valence-corrected chi connectivity index (χ4v) is 4.77. The number of halogens is 2. The Bertz CT molecular complexity index is 1170. The van der Waals surface area contributed by atoms with Crippen LogP contribution in [0, 0.1) is 0 Å². The fraction of sp³-hybridized carbons (Fsp3) is 0.118. The molecule has 0 bridgehead atoms. The number of phenolic OH excluding ortho intramolecular Hbond substituents is 1. The minimum atomic E-state index is -4.01. The molecule has 0 fully saturated rings. The van der Waals surface area contributed by atoms with E-state index < -0.39 is 26.1 Å². The zero-order chi connectivity index (χ0) is 19.1. The first-order valence-electron chi connectivity index (χ1n) is 7.23. The minimum absolute atomic E-state index is 0.193. The fourth-order valence-electron chi connectivity index (χ4n) is 2.48. The molecule has 0 aliphatic heterocycles. The zero-order valence-corrected chi connectivity index (χ0v) is 16.5. The van der Waals surface area contributed by atoms with Gasteiger partial charge < -0.3 is 14.3 Å². The first-order chi connectivity index (χ1) is 12.2. The monoisotopic (exact) mass is 458 g/mol. The second-order valence-electron chi connectivity index (χ2n) is 5.47. The number of hydrogen-bond acceptors (Lipinski definition) is 6. The molecule has 0 saturated carbocycles. The first kappa shape index (κ1) is 18.8. The number of fused-ring (bicyclic) bond motifs is 1. The zero-order valence-electron chi connectivity index (χ0n) is 13.3. The third-order valence-electron chi connectivity index (χ3n) is 3.65. The standard InChI is InChI=1S/C17H12BrClO6S/c1-24-14-3-2-9(4-13(14)20)8-26(22,23)15-6-10-5-11(19)7-12(18)16(10)25-17(15)21/h2-7,20H,8H2,1H3. The maximum atomic E-state index is 12.7. The Hall–Kier alpha value is -2.03. The highest BCUT2D eigenvalue weighted by atomic mass is 79.9. The Morgan fingerprint density at radius 2 is 1.96 bits per heavy atom. The highest BCUT2D eigenvalue weighted by Gasteiger charge is 2.23. The Balaban J connectivity index is 2.08. The van der Waals surface area contributed by atoms with Crippen LogP contribution in [0.15, 0.2) is 55.0 Å². The van der Waals surface area contributed by atoms with Gasteiger partial charge in [0.15, 0.2) is 31.8 Å². The molecule has 0 saturated heterocycles. The van der Waals surface area contributed by atoms with Crippen molar-refractivity contribution in [3.63, 3.8) is 0 Å². The summed E-state index contributed by atoms with van der Waals surface area (Å²) in [5, 5.41) is 10.5. The van der Waals surface area contributed by atoms with Gasteiger partial charge in [-0.3, -0.25) is 0 Å². The van der Waals surface area contributed by atoms with E-state index in [9.17, 15) is 18.3 Å². The molecule has 3 rings (SSSR count). The molecule has 3 aromatic rings. The summed E-state index contributed by atoms with van der Waals surface area (Å²) in [7, 11) is -2.63. The first-order valence-corrected chi connectivity index (χ1v) is 10.0. The summed E-state index contributed by atoms with van der Waals surface area (Å²) in [5.41, 5.74) is -0.464. The van der Waals surface area contributed by atoms with Gasteiger partial charge in [-0.25, -0.2) is 13.2 Å². The number of ether oxygens (including phenoxy) is 1. The molecule has 0 unspecified atom stereocenters. The molecule has 0 aliphatic carbocycles. The van der Waals surface area contributed by atoms with E-state index in [1.807, 2.05) is 0 Å². The quantitative estimate of drug-likeness (QED) is 0.595. The Morgan fingerprint density at radius 1 is 1.23 bits per heavy atom. The van der Waals surface area contributed by atoms with Crippen LogP contribution >= 0.6 is 27.5 Å². The molecule has 0 aliphatic rings. The Labute approximate surface area is 162 Å². The number of benzene rings is 2. The Morgan fingerprint density at radius 3 is 2.62 bits per heavy atom. The van der Waals surface area contributed by atoms with Gasteiger partial charge in [0, 0.05) is 10.4 Å². The number of phenols is 1. The highest BCUT2D eigenvalue weighted by Crippen LogP contribution is 2.30. The van der Waals surface area contributed by atoms with Crippen molar-refractivity contribution in [2.24, 2.45) is 0 Å². The van der Waals surface area contributed by atoms with Crippen molar-refractivity contribution >= 4 is 48.3 Å². The lowest BCUT2D eigenvalue weighted by molar-refractivity contribution is 0.373. The van der Waals surface area contributed by atoms with Crippen LogP contribution in [0.4, 0.5) is 0 Å². The lowest BCUT2D eigenvalue weighted by atomic mass is 10.2. The summed E-state index contributed by atoms with van der Waals surface area (Å²) in [5.74, 6) is -0.458. The Kier molecular flexibility index (Phi) is 5.01. The molecular formula is C17H12BrClO6S. The predicted molar refractivity (Wildman–Crippen MR) is 101 cm³/mol. The molecule has 1 heterocycles. The lowest BCUT2D eigenvalue weighted by Gasteiger charge is -2.08. The number of hydrogen-bond donors (Lipinski definition) is 1. The number of rotatable bonds is 4. The third-order valence-corrected chi connectivity index (χ3v) is 6.13. The normalized spacial score (nSPS) is 11.7. The van der Waals surface area contributed by atoms with Gasteiger partial charge >= 0.3 is 5.63 Å². The van der Waals surface area contributed by atoms with E-state index in [0.717, 1.165) is 0 Å². The second kappa shape index (κ2) is 6.94. The highest BCUT2D eigenvalue weighted by molar-refractivity contribution is 9.10. The van der Waals surface area contributed by atoms with Gasteiger partial charge in [-0.15, -0.1) is 0 Å². The van der Waals surface area contributed by atoms with Crippen molar-refractivity contribution in [3.8, 4) is 11.5 Å². The largest absolute Gasteiger partial charge is 0.504 e. The van der Waals surface area contributed by atoms with E-state index >= 15 is 0 Å². The average Bonchev–Trinajstić information content (AvgIpc) is 2.55. The molecule has 6 nitrogen and oxygen atoms in total. The molecule has 0 radical (unpaired) electrons. The molecule has 9 heteroatoms. The number of aromatic hydroxyl groups is 1. The van der Waals surface area contributed by atoms with Gasteiger partial charge in [0.1, 0.15) is 0 Å². The second-order valence-corrected chi connectivity index (χ2v) is 8.72. The van der Waals surface area contributed by atoms with Crippen molar-refractivity contribution in [2.45, 2.75) is 10.6 Å². The molecule has 0 amide bonds. The van der Waals surface area contributed by atoms with Crippen molar-refractivity contribution < 1.29 is 22.7 Å². The summed E-state index contributed by atoms with van der Waals surface area (Å²) in [6.45, 7) is 0. The van der Waals surface area contributed by atoms with E-state index in [4.69, 9.17) is 20.8 Å². The molecule has 0 spiro atoms. The summed E-state index contributed by atoms with van der Waals surface area (Å²) in [6, 6.07) is 8.49. The average molecular weight is 460 g/mol. The third kappa shape index (κ3) is 3.58. The molecule has 0 atom stereocenters. The summed E-state index contributed by atoms with van der Waals surface area (Å²) >= 11 is 9.19. The topological polar surface area (TPSA) is 93.8 Å². The predicted octanol–water partition coefficient (Wildman–Crippen LogP) is 3.90. The molecule has 2 aromatic carbocycles. The van der Waals surface area contributed by atoms with Gasteiger partial charge in [-0.2, -0.15) is 0 Å². The molecule has 136 valence electrons. The van der Waals surface area contributed by atoms with Crippen molar-refractivity contribution in [2.75, 3.05) is 7.11 Å². The smallest absolute Gasteiger partial charge is 0.355 e. The van der Waals surface area contributed by atoms with Crippen LogP contribution in [-0.4, -0.2) is 20.6 Å². The van der Waals surface area contributed by atoms with Gasteiger partial charge in [0.2, 0.25) is 0 Å². The van der Waals surface area contributed by atoms with Crippen LogP contribution in [0.2, 0.25) is 5.02 Å². The van der Waals surface area contributed by atoms with E-state index in [2.05, 4.69) is 15.9 Å². The molecular weight excluding hydrogens is 448 g/mol. The molecule has 1 N–H and O–H groups in total. The summed E-state index contributed by atoms with van der Waals surface area (Å²) < 4.78 is 35.9.